The standard InChI is InChI=1S/C19H17N3S/c1-13-11-18(20-15-8-4-3-7-14(13)15)22(2)12-19-21-16-9-5-6-10-17(16)23-19/h3-11H,12H2,1-2H3. The van der Waals surface area contributed by atoms with E-state index in [1.807, 2.05) is 12.1 Å². The van der Waals surface area contributed by atoms with Gasteiger partial charge in [0.15, 0.2) is 0 Å². The molecule has 0 amide bonds. The first-order valence-electron chi connectivity index (χ1n) is 7.63. The van der Waals surface area contributed by atoms with Gasteiger partial charge in [0, 0.05) is 12.4 Å². The van der Waals surface area contributed by atoms with Gasteiger partial charge in [-0.3, -0.25) is 0 Å². The lowest BCUT2D eigenvalue weighted by atomic mass is 10.1. The van der Waals surface area contributed by atoms with Crippen LogP contribution in [0.3, 0.4) is 0 Å². The van der Waals surface area contributed by atoms with Gasteiger partial charge in [-0.15, -0.1) is 11.3 Å². The fourth-order valence-electron chi connectivity index (χ4n) is 2.80. The fraction of sp³-hybridized carbons (Fsp3) is 0.158. The average Bonchev–Trinajstić information content (AvgIpc) is 2.97. The minimum atomic E-state index is 0.768. The van der Waals surface area contributed by atoms with Gasteiger partial charge in [0.25, 0.3) is 0 Å². The largest absolute Gasteiger partial charge is 0.353 e. The maximum atomic E-state index is 4.79. The highest BCUT2D eigenvalue weighted by Crippen LogP contribution is 2.25. The van der Waals surface area contributed by atoms with Crippen LogP contribution in [0.4, 0.5) is 5.82 Å². The molecule has 0 atom stereocenters. The van der Waals surface area contributed by atoms with Crippen LogP contribution in [0.1, 0.15) is 10.6 Å². The lowest BCUT2D eigenvalue weighted by Crippen LogP contribution is -2.17. The molecule has 0 aliphatic carbocycles. The summed E-state index contributed by atoms with van der Waals surface area (Å²) in [5, 5.41) is 2.32. The van der Waals surface area contributed by atoms with Crippen molar-refractivity contribution in [1.82, 2.24) is 9.97 Å². The van der Waals surface area contributed by atoms with E-state index in [-0.39, 0.29) is 0 Å². The summed E-state index contributed by atoms with van der Waals surface area (Å²) >= 11 is 1.75. The van der Waals surface area contributed by atoms with Gasteiger partial charge >= 0.3 is 0 Å². The summed E-state index contributed by atoms with van der Waals surface area (Å²) in [7, 11) is 2.07. The predicted molar refractivity (Wildman–Crippen MR) is 98.2 cm³/mol. The molecule has 0 N–H and O–H groups in total. The molecule has 0 unspecified atom stereocenters. The van der Waals surface area contributed by atoms with E-state index in [4.69, 9.17) is 9.97 Å². The van der Waals surface area contributed by atoms with Gasteiger partial charge in [0.2, 0.25) is 0 Å². The highest BCUT2D eigenvalue weighted by molar-refractivity contribution is 7.18. The van der Waals surface area contributed by atoms with Crippen molar-refractivity contribution in [3.63, 3.8) is 0 Å². The Morgan fingerprint density at radius 1 is 0.957 bits per heavy atom. The molecular formula is C19H17N3S. The molecule has 0 saturated heterocycles. The summed E-state index contributed by atoms with van der Waals surface area (Å²) in [6.45, 7) is 2.91. The summed E-state index contributed by atoms with van der Waals surface area (Å²) in [4.78, 5) is 11.7. The van der Waals surface area contributed by atoms with Crippen LogP contribution in [0, 0.1) is 6.92 Å². The first kappa shape index (κ1) is 14.2. The van der Waals surface area contributed by atoms with Gasteiger partial charge in [-0.25, -0.2) is 9.97 Å². The van der Waals surface area contributed by atoms with E-state index in [9.17, 15) is 0 Å². The van der Waals surface area contributed by atoms with E-state index in [0.29, 0.717) is 0 Å². The molecule has 0 aliphatic heterocycles. The predicted octanol–water partition coefficient (Wildman–Crippen LogP) is 4.79. The van der Waals surface area contributed by atoms with E-state index in [1.165, 1.54) is 15.6 Å². The number of thiazole rings is 1. The molecule has 4 heteroatoms. The molecule has 2 aromatic heterocycles. The first-order valence-corrected chi connectivity index (χ1v) is 8.44. The number of rotatable bonds is 3. The number of para-hydroxylation sites is 2. The molecule has 3 nitrogen and oxygen atoms in total. The number of hydrogen-bond donors (Lipinski definition) is 0. The molecule has 4 rings (SSSR count). The zero-order valence-electron chi connectivity index (χ0n) is 13.2. The summed E-state index contributed by atoms with van der Waals surface area (Å²) in [6, 6.07) is 18.7. The summed E-state index contributed by atoms with van der Waals surface area (Å²) in [5.74, 6) is 0.987. The number of fused-ring (bicyclic) bond motifs is 2. The van der Waals surface area contributed by atoms with Crippen LogP contribution in [0.15, 0.2) is 54.6 Å². The molecule has 23 heavy (non-hydrogen) atoms. The van der Waals surface area contributed by atoms with E-state index in [1.54, 1.807) is 11.3 Å². The molecule has 0 bridgehead atoms. The second-order valence-electron chi connectivity index (χ2n) is 5.75. The van der Waals surface area contributed by atoms with E-state index in [0.717, 1.165) is 28.4 Å². The number of hydrogen-bond acceptors (Lipinski definition) is 4. The molecule has 0 radical (unpaired) electrons. The Kier molecular flexibility index (Phi) is 3.46. The lowest BCUT2D eigenvalue weighted by molar-refractivity contribution is 0.894. The minimum Gasteiger partial charge on any atom is -0.353 e. The third-order valence-corrected chi connectivity index (χ3v) is 5.03. The van der Waals surface area contributed by atoms with Crippen LogP contribution in [0.25, 0.3) is 21.1 Å². The van der Waals surface area contributed by atoms with Crippen molar-refractivity contribution < 1.29 is 0 Å². The normalized spacial score (nSPS) is 11.2. The SMILES string of the molecule is Cc1cc(N(C)Cc2nc3ccccc3s2)nc2ccccc12. The second-order valence-corrected chi connectivity index (χ2v) is 6.86. The Balaban J connectivity index is 1.67. The fourth-order valence-corrected chi connectivity index (χ4v) is 3.82. The van der Waals surface area contributed by atoms with E-state index < -0.39 is 0 Å². The molecular weight excluding hydrogens is 302 g/mol. The van der Waals surface area contributed by atoms with Crippen molar-refractivity contribution in [3.05, 3.63) is 65.2 Å². The van der Waals surface area contributed by atoms with Crippen LogP contribution >= 0.6 is 11.3 Å². The van der Waals surface area contributed by atoms with Crippen LogP contribution < -0.4 is 4.90 Å². The molecule has 0 saturated carbocycles. The highest BCUT2D eigenvalue weighted by atomic mass is 32.1. The molecule has 2 heterocycles. The van der Waals surface area contributed by atoms with Crippen LogP contribution in [0.2, 0.25) is 0 Å². The van der Waals surface area contributed by atoms with Crippen molar-refractivity contribution in [3.8, 4) is 0 Å². The lowest BCUT2D eigenvalue weighted by Gasteiger charge is -2.18. The van der Waals surface area contributed by atoms with Crippen molar-refractivity contribution in [2.24, 2.45) is 0 Å². The average molecular weight is 319 g/mol. The van der Waals surface area contributed by atoms with Crippen molar-refractivity contribution in [2.45, 2.75) is 13.5 Å². The molecule has 0 aliphatic rings. The second kappa shape index (κ2) is 5.63. The zero-order valence-corrected chi connectivity index (χ0v) is 14.0. The van der Waals surface area contributed by atoms with Gasteiger partial charge in [-0.2, -0.15) is 0 Å². The van der Waals surface area contributed by atoms with Crippen molar-refractivity contribution >= 4 is 38.3 Å². The summed E-state index contributed by atoms with van der Waals surface area (Å²) in [5.41, 5.74) is 3.36. The Morgan fingerprint density at radius 2 is 1.70 bits per heavy atom. The molecule has 2 aromatic carbocycles. The zero-order chi connectivity index (χ0) is 15.8. The van der Waals surface area contributed by atoms with Gasteiger partial charge in [-0.05, 0) is 36.8 Å². The number of nitrogens with zero attached hydrogens (tertiary/aromatic N) is 3. The Bertz CT molecular complexity index is 957. The molecule has 4 aromatic rings. The highest BCUT2D eigenvalue weighted by Gasteiger charge is 2.10. The maximum Gasteiger partial charge on any atom is 0.129 e. The van der Waals surface area contributed by atoms with Gasteiger partial charge < -0.3 is 4.90 Å². The van der Waals surface area contributed by atoms with E-state index >= 15 is 0 Å². The number of anilines is 1. The van der Waals surface area contributed by atoms with Gasteiger partial charge in [0.05, 0.1) is 22.3 Å². The monoisotopic (exact) mass is 319 g/mol. The molecule has 0 fully saturated rings. The smallest absolute Gasteiger partial charge is 0.129 e. The van der Waals surface area contributed by atoms with Crippen molar-refractivity contribution in [2.75, 3.05) is 11.9 Å². The van der Waals surface area contributed by atoms with Gasteiger partial charge in [0.1, 0.15) is 10.8 Å². The quantitative estimate of drug-likeness (QED) is 0.543. The van der Waals surface area contributed by atoms with E-state index in [2.05, 4.69) is 61.3 Å². The van der Waals surface area contributed by atoms with Gasteiger partial charge in [-0.1, -0.05) is 30.3 Å². The maximum absolute atomic E-state index is 4.79. The van der Waals surface area contributed by atoms with Crippen LogP contribution in [-0.2, 0) is 6.54 Å². The van der Waals surface area contributed by atoms with Crippen LogP contribution in [0.5, 0.6) is 0 Å². The first-order chi connectivity index (χ1) is 11.2. The minimum absolute atomic E-state index is 0.768. The summed E-state index contributed by atoms with van der Waals surface area (Å²) < 4.78 is 1.23. The number of aryl methyl sites for hydroxylation is 1. The topological polar surface area (TPSA) is 29.0 Å². The third kappa shape index (κ3) is 2.66. The molecule has 114 valence electrons. The number of pyridine rings is 1. The Labute approximate surface area is 139 Å². The number of benzene rings is 2. The van der Waals surface area contributed by atoms with Crippen LogP contribution in [-0.4, -0.2) is 17.0 Å². The Morgan fingerprint density at radius 3 is 2.52 bits per heavy atom. The third-order valence-electron chi connectivity index (χ3n) is 4.01. The van der Waals surface area contributed by atoms with Crippen molar-refractivity contribution in [1.29, 1.82) is 0 Å². The Hall–Kier alpha value is -2.46. The summed E-state index contributed by atoms with van der Waals surface area (Å²) in [6.07, 6.45) is 0. The number of aromatic nitrogens is 2. The molecule has 0 spiro atoms.